The van der Waals surface area contributed by atoms with E-state index in [9.17, 15) is 14.4 Å². The number of likely N-dealkylation sites (N-methyl/N-ethyl adjacent to an activating group) is 1. The van der Waals surface area contributed by atoms with Gasteiger partial charge in [-0.05, 0) is 74.8 Å². The van der Waals surface area contributed by atoms with E-state index in [0.717, 1.165) is 60.2 Å². The second kappa shape index (κ2) is 9.03. The molecule has 0 bridgehead atoms. The summed E-state index contributed by atoms with van der Waals surface area (Å²) in [6.45, 7) is 5.39. The van der Waals surface area contributed by atoms with Crippen LogP contribution in [0.4, 0.5) is 0 Å². The molecule has 0 saturated carbocycles. The van der Waals surface area contributed by atoms with Crippen molar-refractivity contribution in [3.05, 3.63) is 53.2 Å². The van der Waals surface area contributed by atoms with Crippen molar-refractivity contribution in [1.29, 1.82) is 0 Å². The number of hydrogen-bond acceptors (Lipinski definition) is 6. The first kappa shape index (κ1) is 23.5. The van der Waals surface area contributed by atoms with Gasteiger partial charge in [0.05, 0.1) is 18.3 Å². The summed E-state index contributed by atoms with van der Waals surface area (Å²) >= 11 is 0. The Hall–Kier alpha value is -3.56. The molecule has 3 aromatic rings. The van der Waals surface area contributed by atoms with Crippen LogP contribution < -0.4 is 0 Å². The van der Waals surface area contributed by atoms with Gasteiger partial charge in [-0.2, -0.15) is 5.01 Å². The number of nitrogens with zero attached hydrogens (tertiary/aromatic N) is 6. The number of aromatic nitrogens is 2. The zero-order chi connectivity index (χ0) is 26.0. The number of carbonyl (C=O) groups is 3. The molecule has 3 fully saturated rings. The first-order chi connectivity index (χ1) is 18.5. The van der Waals surface area contributed by atoms with Gasteiger partial charge in [-0.1, -0.05) is 6.07 Å². The lowest BCUT2D eigenvalue weighted by Crippen LogP contribution is -2.51. The van der Waals surface area contributed by atoms with Crippen molar-refractivity contribution in [2.45, 2.75) is 51.2 Å². The van der Waals surface area contributed by atoms with Gasteiger partial charge in [-0.15, -0.1) is 0 Å². The van der Waals surface area contributed by atoms with E-state index in [2.05, 4.69) is 39.7 Å². The highest BCUT2D eigenvalue weighted by Gasteiger charge is 2.39. The number of hydrazine groups is 1. The number of likely N-dealkylation sites (tertiary alicyclic amines) is 2. The van der Waals surface area contributed by atoms with Crippen LogP contribution in [0.25, 0.3) is 22.3 Å². The Balaban J connectivity index is 1.26. The third-order valence-corrected chi connectivity index (χ3v) is 8.48. The first-order valence-corrected chi connectivity index (χ1v) is 13.7. The van der Waals surface area contributed by atoms with Gasteiger partial charge in [0.25, 0.3) is 5.91 Å². The highest BCUT2D eigenvalue weighted by Crippen LogP contribution is 2.34. The second-order valence-corrected chi connectivity index (χ2v) is 11.2. The summed E-state index contributed by atoms with van der Waals surface area (Å²) in [5.41, 5.74) is 5.48. The Labute approximate surface area is 221 Å². The molecule has 0 atom stereocenters. The van der Waals surface area contributed by atoms with E-state index in [0.29, 0.717) is 18.0 Å². The molecule has 0 aliphatic carbocycles. The Bertz CT molecular complexity index is 1450. The molecule has 3 amide bonds. The molecule has 9 nitrogen and oxygen atoms in total. The number of amides is 3. The molecule has 1 aromatic carbocycles. The van der Waals surface area contributed by atoms with Gasteiger partial charge in [0.2, 0.25) is 11.8 Å². The van der Waals surface area contributed by atoms with E-state index < -0.39 is 0 Å². The molecular weight excluding hydrogens is 480 g/mol. The fourth-order valence-electron chi connectivity index (χ4n) is 6.43. The predicted octanol–water partition coefficient (Wildman–Crippen LogP) is 3.20. The monoisotopic (exact) mass is 512 g/mol. The molecule has 4 aliphatic heterocycles. The molecule has 0 spiro atoms. The summed E-state index contributed by atoms with van der Waals surface area (Å²) < 4.78 is 2.32. The van der Waals surface area contributed by atoms with E-state index >= 15 is 0 Å². The minimum atomic E-state index is -0.302. The minimum absolute atomic E-state index is 0.215. The van der Waals surface area contributed by atoms with Crippen LogP contribution in [0.5, 0.6) is 0 Å². The number of piperidine rings is 1. The first-order valence-electron chi connectivity index (χ1n) is 13.7. The van der Waals surface area contributed by atoms with Gasteiger partial charge in [-0.3, -0.25) is 19.3 Å². The van der Waals surface area contributed by atoms with Crippen molar-refractivity contribution < 1.29 is 14.4 Å². The SMILES string of the molecule is CN1CC(n2ccc3c(CN4CCCC4)cc(-c4ccc5c(c4)CN(N4C(=O)CCCC4=O)C5=O)nc32)C1. The Morgan fingerprint density at radius 1 is 0.947 bits per heavy atom. The van der Waals surface area contributed by atoms with Crippen LogP contribution >= 0.6 is 0 Å². The third kappa shape index (κ3) is 3.84. The van der Waals surface area contributed by atoms with Crippen molar-refractivity contribution in [2.75, 3.05) is 33.2 Å². The number of pyridine rings is 1. The lowest BCUT2D eigenvalue weighted by atomic mass is 10.0. The molecule has 7 rings (SSSR count). The summed E-state index contributed by atoms with van der Waals surface area (Å²) in [7, 11) is 2.14. The quantitative estimate of drug-likeness (QED) is 0.489. The zero-order valence-electron chi connectivity index (χ0n) is 21.7. The zero-order valence-corrected chi connectivity index (χ0v) is 21.7. The largest absolute Gasteiger partial charge is 0.327 e. The molecule has 3 saturated heterocycles. The number of imide groups is 1. The second-order valence-electron chi connectivity index (χ2n) is 11.2. The van der Waals surface area contributed by atoms with Gasteiger partial charge in [0.1, 0.15) is 5.65 Å². The molecule has 0 radical (unpaired) electrons. The molecule has 0 N–H and O–H groups in total. The molecular formula is C29H32N6O3. The van der Waals surface area contributed by atoms with Gasteiger partial charge >= 0.3 is 0 Å². The molecule has 4 aliphatic rings. The van der Waals surface area contributed by atoms with E-state index in [4.69, 9.17) is 4.98 Å². The fraction of sp³-hybridized carbons (Fsp3) is 0.448. The summed E-state index contributed by atoms with van der Waals surface area (Å²) in [6, 6.07) is 10.6. The van der Waals surface area contributed by atoms with Gasteiger partial charge in [0, 0.05) is 55.2 Å². The van der Waals surface area contributed by atoms with E-state index in [1.165, 1.54) is 28.8 Å². The highest BCUT2D eigenvalue weighted by molar-refractivity contribution is 6.04. The van der Waals surface area contributed by atoms with Crippen LogP contribution in [0.2, 0.25) is 0 Å². The van der Waals surface area contributed by atoms with Gasteiger partial charge in [-0.25, -0.2) is 9.99 Å². The summed E-state index contributed by atoms with van der Waals surface area (Å²) in [4.78, 5) is 48.1. The van der Waals surface area contributed by atoms with Crippen molar-refractivity contribution in [3.63, 3.8) is 0 Å². The number of carbonyl (C=O) groups excluding carboxylic acids is 3. The molecule has 38 heavy (non-hydrogen) atoms. The maximum absolute atomic E-state index is 13.2. The topological polar surface area (TPSA) is 82.0 Å². The Morgan fingerprint density at radius 2 is 1.71 bits per heavy atom. The van der Waals surface area contributed by atoms with Crippen molar-refractivity contribution >= 4 is 28.8 Å². The maximum atomic E-state index is 13.2. The van der Waals surface area contributed by atoms with Crippen molar-refractivity contribution in [2.24, 2.45) is 0 Å². The highest BCUT2D eigenvalue weighted by atomic mass is 16.2. The third-order valence-electron chi connectivity index (χ3n) is 8.48. The molecule has 6 heterocycles. The van der Waals surface area contributed by atoms with E-state index in [1.54, 1.807) is 0 Å². The van der Waals surface area contributed by atoms with Crippen LogP contribution in [0.1, 0.15) is 59.6 Å². The number of benzene rings is 1. The normalized spacial score (nSPS) is 21.1. The van der Waals surface area contributed by atoms with Crippen LogP contribution in [-0.2, 0) is 22.7 Å². The predicted molar refractivity (Wildman–Crippen MR) is 142 cm³/mol. The number of hydrogen-bond donors (Lipinski definition) is 0. The van der Waals surface area contributed by atoms with E-state index in [-0.39, 0.29) is 37.1 Å². The minimum Gasteiger partial charge on any atom is -0.327 e. The average molecular weight is 513 g/mol. The number of rotatable bonds is 5. The van der Waals surface area contributed by atoms with Crippen LogP contribution in [0.15, 0.2) is 36.5 Å². The van der Waals surface area contributed by atoms with Crippen molar-refractivity contribution in [3.8, 4) is 11.3 Å². The van der Waals surface area contributed by atoms with Gasteiger partial charge < -0.3 is 9.47 Å². The molecule has 196 valence electrons. The standard InChI is InChI=1S/C29H32N6O3/c1-31-17-22(18-31)33-12-9-23-21(15-32-10-2-3-11-32)14-25(30-28(23)33)19-7-8-24-20(13-19)16-34(29(24)38)35-26(36)5-4-6-27(35)37/h7-9,12-14,22H,2-6,10-11,15-18H2,1H3. The summed E-state index contributed by atoms with van der Waals surface area (Å²) in [5.74, 6) is -0.899. The summed E-state index contributed by atoms with van der Waals surface area (Å²) in [5, 5.41) is 3.58. The average Bonchev–Trinajstić information content (AvgIpc) is 3.62. The van der Waals surface area contributed by atoms with Crippen molar-refractivity contribution in [1.82, 2.24) is 29.4 Å². The van der Waals surface area contributed by atoms with Crippen LogP contribution in [0.3, 0.4) is 0 Å². The Morgan fingerprint density at radius 3 is 2.45 bits per heavy atom. The van der Waals surface area contributed by atoms with Crippen LogP contribution in [0, 0.1) is 0 Å². The fourth-order valence-corrected chi connectivity index (χ4v) is 6.43. The maximum Gasteiger partial charge on any atom is 0.273 e. The molecule has 9 heteroatoms. The van der Waals surface area contributed by atoms with Gasteiger partial charge in [0.15, 0.2) is 0 Å². The lowest BCUT2D eigenvalue weighted by Gasteiger charge is -2.37. The Kier molecular flexibility index (Phi) is 5.59. The molecule has 0 unspecified atom stereocenters. The summed E-state index contributed by atoms with van der Waals surface area (Å²) in [6.07, 6.45) is 5.79. The smallest absolute Gasteiger partial charge is 0.273 e. The van der Waals surface area contributed by atoms with Crippen LogP contribution in [-0.4, -0.2) is 80.3 Å². The number of fused-ring (bicyclic) bond motifs is 2. The molecule has 2 aromatic heterocycles. The van der Waals surface area contributed by atoms with E-state index in [1.807, 2.05) is 18.2 Å². The lowest BCUT2D eigenvalue weighted by molar-refractivity contribution is -0.163.